The first-order valence-corrected chi connectivity index (χ1v) is 11.3. The van der Waals surface area contributed by atoms with Gasteiger partial charge in [0.2, 0.25) is 0 Å². The lowest BCUT2D eigenvalue weighted by Gasteiger charge is -2.31. The maximum absolute atomic E-state index is 12.8. The van der Waals surface area contributed by atoms with Gasteiger partial charge in [0, 0.05) is 52.2 Å². The van der Waals surface area contributed by atoms with Gasteiger partial charge in [-0.2, -0.15) is 17.0 Å². The summed E-state index contributed by atoms with van der Waals surface area (Å²) in [6, 6.07) is 3.66. The molecule has 8 nitrogen and oxygen atoms in total. The lowest BCUT2D eigenvalue weighted by atomic mass is 10.2. The third-order valence-corrected chi connectivity index (χ3v) is 7.20. The Bertz CT molecular complexity index is 686. The first-order valence-electron chi connectivity index (χ1n) is 9.88. The summed E-state index contributed by atoms with van der Waals surface area (Å²) in [5.74, 6) is 0.914. The number of carbonyl (C=O) groups is 1. The first kappa shape index (κ1) is 20.2. The van der Waals surface area contributed by atoms with Crippen LogP contribution in [0.2, 0.25) is 0 Å². The molecule has 0 saturated carbocycles. The van der Waals surface area contributed by atoms with Crippen molar-refractivity contribution in [2.24, 2.45) is 0 Å². The molecule has 3 heterocycles. The number of rotatable bonds is 6. The molecular formula is C18H30N4O4S. The molecular weight excluding hydrogens is 368 g/mol. The second-order valence-electron chi connectivity index (χ2n) is 7.12. The van der Waals surface area contributed by atoms with Gasteiger partial charge < -0.3 is 14.6 Å². The van der Waals surface area contributed by atoms with Crippen LogP contribution in [0.15, 0.2) is 22.8 Å². The lowest BCUT2D eigenvalue weighted by molar-refractivity contribution is 0.200. The molecule has 1 aromatic heterocycles. The molecule has 0 spiro atoms. The summed E-state index contributed by atoms with van der Waals surface area (Å²) in [4.78, 5) is 14.1. The Morgan fingerprint density at radius 3 is 2.48 bits per heavy atom. The van der Waals surface area contributed by atoms with Crippen LogP contribution in [0.5, 0.6) is 0 Å². The number of urea groups is 1. The number of furan rings is 1. The molecule has 0 atom stereocenters. The Labute approximate surface area is 161 Å². The van der Waals surface area contributed by atoms with E-state index in [2.05, 4.69) is 5.32 Å². The highest BCUT2D eigenvalue weighted by molar-refractivity contribution is 7.86. The van der Waals surface area contributed by atoms with Gasteiger partial charge in [0.1, 0.15) is 5.76 Å². The SMILES string of the molecule is O=C(NCCCc1ccco1)N1CCCN(S(=O)(=O)N2CCCCC2)CC1. The van der Waals surface area contributed by atoms with E-state index in [1.165, 1.54) is 0 Å². The van der Waals surface area contributed by atoms with Crippen molar-refractivity contribution in [1.82, 2.24) is 18.8 Å². The van der Waals surface area contributed by atoms with Crippen LogP contribution in [0.3, 0.4) is 0 Å². The van der Waals surface area contributed by atoms with Gasteiger partial charge in [-0.05, 0) is 37.8 Å². The molecule has 27 heavy (non-hydrogen) atoms. The molecule has 3 rings (SSSR count). The highest BCUT2D eigenvalue weighted by Gasteiger charge is 2.32. The lowest BCUT2D eigenvalue weighted by Crippen LogP contribution is -2.47. The monoisotopic (exact) mass is 398 g/mol. The van der Waals surface area contributed by atoms with E-state index < -0.39 is 10.2 Å². The average Bonchev–Trinajstić information content (AvgIpc) is 3.07. The zero-order valence-electron chi connectivity index (χ0n) is 15.8. The van der Waals surface area contributed by atoms with E-state index in [9.17, 15) is 13.2 Å². The molecule has 0 unspecified atom stereocenters. The zero-order chi connectivity index (χ0) is 19.1. The van der Waals surface area contributed by atoms with Crippen LogP contribution in [0, 0.1) is 0 Å². The quantitative estimate of drug-likeness (QED) is 0.739. The summed E-state index contributed by atoms with van der Waals surface area (Å²) in [6.07, 6.45) is 6.86. The number of carbonyl (C=O) groups excluding carboxylic acids is 1. The summed E-state index contributed by atoms with van der Waals surface area (Å²) < 4.78 is 34.1. The Hall–Kier alpha value is -1.58. The Balaban J connectivity index is 1.43. The Morgan fingerprint density at radius 2 is 1.74 bits per heavy atom. The largest absolute Gasteiger partial charge is 0.469 e. The van der Waals surface area contributed by atoms with Crippen molar-refractivity contribution in [2.45, 2.75) is 38.5 Å². The van der Waals surface area contributed by atoms with Gasteiger partial charge in [0.25, 0.3) is 10.2 Å². The predicted molar refractivity (Wildman–Crippen MR) is 103 cm³/mol. The topological polar surface area (TPSA) is 86.1 Å². The summed E-state index contributed by atoms with van der Waals surface area (Å²) in [5, 5.41) is 2.93. The van der Waals surface area contributed by atoms with E-state index in [0.29, 0.717) is 52.2 Å². The first-order chi connectivity index (χ1) is 13.1. The average molecular weight is 399 g/mol. The van der Waals surface area contributed by atoms with E-state index in [0.717, 1.165) is 37.9 Å². The zero-order valence-corrected chi connectivity index (χ0v) is 16.6. The number of piperidine rings is 1. The molecule has 2 amide bonds. The van der Waals surface area contributed by atoms with Gasteiger partial charge in [-0.25, -0.2) is 4.79 Å². The molecule has 1 aromatic rings. The van der Waals surface area contributed by atoms with Crippen LogP contribution in [-0.2, 0) is 16.6 Å². The maximum Gasteiger partial charge on any atom is 0.317 e. The minimum atomic E-state index is -3.41. The van der Waals surface area contributed by atoms with Gasteiger partial charge in [0.15, 0.2) is 0 Å². The number of amides is 2. The van der Waals surface area contributed by atoms with Crippen LogP contribution in [0.4, 0.5) is 4.79 Å². The van der Waals surface area contributed by atoms with Crippen molar-refractivity contribution in [2.75, 3.05) is 45.8 Å². The fourth-order valence-corrected chi connectivity index (χ4v) is 5.33. The minimum absolute atomic E-state index is 0.119. The third-order valence-electron chi connectivity index (χ3n) is 5.17. The fourth-order valence-electron chi connectivity index (χ4n) is 3.61. The van der Waals surface area contributed by atoms with Gasteiger partial charge in [-0.15, -0.1) is 0 Å². The molecule has 0 aromatic carbocycles. The van der Waals surface area contributed by atoms with Crippen molar-refractivity contribution in [3.05, 3.63) is 24.2 Å². The summed E-state index contributed by atoms with van der Waals surface area (Å²) in [5.41, 5.74) is 0. The molecule has 0 aliphatic carbocycles. The molecule has 2 aliphatic rings. The molecule has 0 bridgehead atoms. The second kappa shape index (κ2) is 9.57. The van der Waals surface area contributed by atoms with Crippen LogP contribution in [0.1, 0.15) is 37.9 Å². The van der Waals surface area contributed by atoms with Crippen LogP contribution in [0.25, 0.3) is 0 Å². The van der Waals surface area contributed by atoms with Gasteiger partial charge in [0.05, 0.1) is 6.26 Å². The third kappa shape index (κ3) is 5.46. The van der Waals surface area contributed by atoms with Crippen LogP contribution >= 0.6 is 0 Å². The smallest absolute Gasteiger partial charge is 0.317 e. The number of hydrogen-bond acceptors (Lipinski definition) is 4. The van der Waals surface area contributed by atoms with Gasteiger partial charge in [-0.3, -0.25) is 0 Å². The summed E-state index contributed by atoms with van der Waals surface area (Å²) in [6.45, 7) is 3.64. The van der Waals surface area contributed by atoms with E-state index in [4.69, 9.17) is 4.42 Å². The van der Waals surface area contributed by atoms with E-state index in [-0.39, 0.29) is 6.03 Å². The standard InChI is InChI=1S/C18H30N4O4S/c23-18(19-9-4-7-17-8-5-16-26-17)20-10-6-13-22(15-14-20)27(24,25)21-11-2-1-3-12-21/h5,8,16H,1-4,6-7,9-15H2,(H,19,23). The van der Waals surface area contributed by atoms with E-state index in [1.54, 1.807) is 19.8 Å². The molecule has 2 fully saturated rings. The normalized spacial score (nSPS) is 20.4. The van der Waals surface area contributed by atoms with Crippen molar-refractivity contribution in [3.63, 3.8) is 0 Å². The molecule has 9 heteroatoms. The minimum Gasteiger partial charge on any atom is -0.469 e. The van der Waals surface area contributed by atoms with Crippen molar-refractivity contribution in [3.8, 4) is 0 Å². The summed E-state index contributed by atoms with van der Waals surface area (Å²) in [7, 11) is -3.41. The number of nitrogens with zero attached hydrogens (tertiary/aromatic N) is 3. The molecule has 0 radical (unpaired) electrons. The molecule has 2 aliphatic heterocycles. The maximum atomic E-state index is 12.8. The van der Waals surface area contributed by atoms with Crippen LogP contribution in [-0.4, -0.2) is 73.8 Å². The number of aryl methyl sites for hydroxylation is 1. The van der Waals surface area contributed by atoms with Crippen molar-refractivity contribution < 1.29 is 17.6 Å². The van der Waals surface area contributed by atoms with Crippen LogP contribution < -0.4 is 5.32 Å². The summed E-state index contributed by atoms with van der Waals surface area (Å²) >= 11 is 0. The predicted octanol–water partition coefficient (Wildman–Crippen LogP) is 1.66. The highest BCUT2D eigenvalue weighted by atomic mass is 32.2. The Morgan fingerprint density at radius 1 is 1.00 bits per heavy atom. The Kier molecular flexibility index (Phi) is 7.14. The number of hydrogen-bond donors (Lipinski definition) is 1. The molecule has 2 saturated heterocycles. The van der Waals surface area contributed by atoms with Gasteiger partial charge >= 0.3 is 6.03 Å². The second-order valence-corrected chi connectivity index (χ2v) is 9.05. The highest BCUT2D eigenvalue weighted by Crippen LogP contribution is 2.18. The van der Waals surface area contributed by atoms with Crippen molar-refractivity contribution >= 4 is 16.2 Å². The van der Waals surface area contributed by atoms with E-state index in [1.807, 2.05) is 12.1 Å². The fraction of sp³-hybridized carbons (Fsp3) is 0.722. The van der Waals surface area contributed by atoms with Crippen molar-refractivity contribution in [1.29, 1.82) is 0 Å². The number of nitrogens with one attached hydrogen (secondary N) is 1. The molecule has 1 N–H and O–H groups in total. The van der Waals surface area contributed by atoms with Gasteiger partial charge in [-0.1, -0.05) is 6.42 Å². The molecule has 152 valence electrons. The van der Waals surface area contributed by atoms with E-state index >= 15 is 0 Å².